The highest BCUT2D eigenvalue weighted by Gasteiger charge is 2.11. The Kier molecular flexibility index (Phi) is 6.98. The van der Waals surface area contributed by atoms with Crippen LogP contribution in [0.4, 0.5) is 11.8 Å². The van der Waals surface area contributed by atoms with Gasteiger partial charge in [0, 0.05) is 36.4 Å². The Hall–Kier alpha value is -1.90. The predicted octanol–water partition coefficient (Wildman–Crippen LogP) is 2.40. The molecule has 136 valence electrons. The van der Waals surface area contributed by atoms with Crippen LogP contribution in [0.5, 0.6) is 0 Å². The van der Waals surface area contributed by atoms with E-state index in [9.17, 15) is 8.42 Å². The number of rotatable bonds is 9. The van der Waals surface area contributed by atoms with Gasteiger partial charge in [-0.1, -0.05) is 23.7 Å². The zero-order valence-corrected chi connectivity index (χ0v) is 15.8. The molecule has 3 N–H and O–H groups in total. The molecule has 0 aliphatic heterocycles. The zero-order valence-electron chi connectivity index (χ0n) is 14.2. The average Bonchev–Trinajstić information content (AvgIpc) is 2.53. The molecule has 0 amide bonds. The van der Waals surface area contributed by atoms with Crippen LogP contribution >= 0.6 is 11.6 Å². The Bertz CT molecular complexity index is 797. The fraction of sp³-hybridized carbons (Fsp3) is 0.375. The molecule has 0 bridgehead atoms. The highest BCUT2D eigenvalue weighted by molar-refractivity contribution is 7.88. The number of halogens is 1. The molecule has 9 heteroatoms. The summed E-state index contributed by atoms with van der Waals surface area (Å²) >= 11 is 5.80. The molecule has 0 aliphatic rings. The minimum atomic E-state index is -3.41. The molecule has 0 atom stereocenters. The number of hydrogen-bond donors (Lipinski definition) is 3. The summed E-state index contributed by atoms with van der Waals surface area (Å²) in [5.41, 5.74) is 1.52. The molecule has 0 unspecified atom stereocenters. The number of aromatic nitrogens is 2. The Morgan fingerprint density at radius 2 is 1.80 bits per heavy atom. The summed E-state index contributed by atoms with van der Waals surface area (Å²) in [4.78, 5) is 8.57. The molecule has 0 aliphatic carbocycles. The van der Waals surface area contributed by atoms with Gasteiger partial charge in [-0.3, -0.25) is 0 Å². The van der Waals surface area contributed by atoms with Crippen molar-refractivity contribution in [3.63, 3.8) is 0 Å². The lowest BCUT2D eigenvalue weighted by Gasteiger charge is -2.10. The fourth-order valence-corrected chi connectivity index (χ4v) is 3.42. The molecule has 1 aromatic carbocycles. The first-order chi connectivity index (χ1) is 11.9. The molecule has 0 saturated carbocycles. The van der Waals surface area contributed by atoms with Crippen LogP contribution in [-0.2, 0) is 15.8 Å². The molecule has 1 aromatic heterocycles. The number of anilines is 2. The van der Waals surface area contributed by atoms with Gasteiger partial charge in [-0.25, -0.2) is 18.1 Å². The summed E-state index contributed by atoms with van der Waals surface area (Å²) in [5.74, 6) is 1.12. The van der Waals surface area contributed by atoms with E-state index in [2.05, 4.69) is 25.3 Å². The van der Waals surface area contributed by atoms with E-state index in [0.717, 1.165) is 12.2 Å². The molecule has 2 aromatic rings. The Labute approximate surface area is 153 Å². The van der Waals surface area contributed by atoms with Crippen molar-refractivity contribution >= 4 is 33.4 Å². The molecular formula is C16H22ClN5O2S. The van der Waals surface area contributed by atoms with Gasteiger partial charge < -0.3 is 10.6 Å². The maximum absolute atomic E-state index is 12.1. The van der Waals surface area contributed by atoms with Crippen LogP contribution in [0.3, 0.4) is 0 Å². The number of hydrogen-bond acceptors (Lipinski definition) is 6. The van der Waals surface area contributed by atoms with E-state index in [0.29, 0.717) is 28.9 Å². The largest absolute Gasteiger partial charge is 0.369 e. The van der Waals surface area contributed by atoms with Crippen molar-refractivity contribution in [2.45, 2.75) is 19.6 Å². The smallest absolute Gasteiger partial charge is 0.224 e. The molecular weight excluding hydrogens is 362 g/mol. The van der Waals surface area contributed by atoms with Gasteiger partial charge in [0.2, 0.25) is 16.0 Å². The van der Waals surface area contributed by atoms with Crippen molar-refractivity contribution in [3.05, 3.63) is 46.6 Å². The Morgan fingerprint density at radius 1 is 1.08 bits per heavy atom. The van der Waals surface area contributed by atoms with E-state index >= 15 is 0 Å². The summed E-state index contributed by atoms with van der Waals surface area (Å²) in [5, 5.41) is 6.72. The van der Waals surface area contributed by atoms with Crippen molar-refractivity contribution in [1.29, 1.82) is 0 Å². The SMILES string of the molecule is CCNc1nc(C)cc(NCCNS(=O)(=O)Cc2ccc(Cl)cc2)n1. The van der Waals surface area contributed by atoms with Crippen LogP contribution in [0.25, 0.3) is 0 Å². The number of benzene rings is 1. The fourth-order valence-electron chi connectivity index (χ4n) is 2.14. The molecule has 1 heterocycles. The average molecular weight is 384 g/mol. The first kappa shape index (κ1) is 19.4. The summed E-state index contributed by atoms with van der Waals surface area (Å²) in [7, 11) is -3.41. The standard InChI is InChI=1S/C16H22ClN5O2S/c1-3-18-16-21-12(2)10-15(22-16)19-8-9-20-25(23,24)11-13-4-6-14(17)7-5-13/h4-7,10,20H,3,8-9,11H2,1-2H3,(H2,18,19,21,22). The lowest BCUT2D eigenvalue weighted by Crippen LogP contribution is -2.30. The number of sulfonamides is 1. The summed E-state index contributed by atoms with van der Waals surface area (Å²) in [6, 6.07) is 8.56. The first-order valence-electron chi connectivity index (χ1n) is 7.93. The third-order valence-corrected chi connectivity index (χ3v) is 4.82. The van der Waals surface area contributed by atoms with E-state index in [1.165, 1.54) is 0 Å². The van der Waals surface area contributed by atoms with Gasteiger partial charge in [0.1, 0.15) is 5.82 Å². The molecule has 7 nitrogen and oxygen atoms in total. The van der Waals surface area contributed by atoms with Crippen LogP contribution in [0.2, 0.25) is 5.02 Å². The second-order valence-corrected chi connectivity index (χ2v) is 7.70. The molecule has 25 heavy (non-hydrogen) atoms. The summed E-state index contributed by atoms with van der Waals surface area (Å²) in [6.07, 6.45) is 0. The topological polar surface area (TPSA) is 96.0 Å². The molecule has 0 saturated heterocycles. The second-order valence-electron chi connectivity index (χ2n) is 5.46. The highest BCUT2D eigenvalue weighted by atomic mass is 35.5. The van der Waals surface area contributed by atoms with E-state index in [-0.39, 0.29) is 12.3 Å². The van der Waals surface area contributed by atoms with Gasteiger partial charge in [-0.15, -0.1) is 0 Å². The van der Waals surface area contributed by atoms with Crippen molar-refractivity contribution in [2.75, 3.05) is 30.3 Å². The number of nitrogens with one attached hydrogen (secondary N) is 3. The molecule has 0 radical (unpaired) electrons. The van der Waals surface area contributed by atoms with E-state index in [1.54, 1.807) is 24.3 Å². The van der Waals surface area contributed by atoms with Gasteiger partial charge >= 0.3 is 0 Å². The van der Waals surface area contributed by atoms with Crippen molar-refractivity contribution in [2.24, 2.45) is 0 Å². The third-order valence-electron chi connectivity index (χ3n) is 3.21. The van der Waals surface area contributed by atoms with Gasteiger partial charge in [0.25, 0.3) is 0 Å². The van der Waals surface area contributed by atoms with Crippen LogP contribution in [-0.4, -0.2) is 38.0 Å². The van der Waals surface area contributed by atoms with Crippen LogP contribution in [0.1, 0.15) is 18.2 Å². The lowest BCUT2D eigenvalue weighted by molar-refractivity contribution is 0.582. The monoisotopic (exact) mass is 383 g/mol. The molecule has 2 rings (SSSR count). The van der Waals surface area contributed by atoms with Gasteiger partial charge in [-0.2, -0.15) is 4.98 Å². The first-order valence-corrected chi connectivity index (χ1v) is 9.96. The zero-order chi connectivity index (χ0) is 18.3. The van der Waals surface area contributed by atoms with Gasteiger partial charge in [0.15, 0.2) is 0 Å². The van der Waals surface area contributed by atoms with E-state index < -0.39 is 10.0 Å². The van der Waals surface area contributed by atoms with Crippen LogP contribution in [0.15, 0.2) is 30.3 Å². The van der Waals surface area contributed by atoms with Gasteiger partial charge in [0.05, 0.1) is 5.75 Å². The minimum Gasteiger partial charge on any atom is -0.369 e. The van der Waals surface area contributed by atoms with Gasteiger partial charge in [-0.05, 0) is 31.5 Å². The second kappa shape index (κ2) is 8.98. The normalized spacial score (nSPS) is 11.3. The Morgan fingerprint density at radius 3 is 2.48 bits per heavy atom. The molecule has 0 fully saturated rings. The van der Waals surface area contributed by atoms with Crippen molar-refractivity contribution in [3.8, 4) is 0 Å². The van der Waals surface area contributed by atoms with Crippen molar-refractivity contribution in [1.82, 2.24) is 14.7 Å². The summed E-state index contributed by atoms with van der Waals surface area (Å²) < 4.78 is 26.7. The quantitative estimate of drug-likeness (QED) is 0.575. The number of aryl methyl sites for hydroxylation is 1. The van der Waals surface area contributed by atoms with Crippen LogP contribution in [0, 0.1) is 6.92 Å². The maximum Gasteiger partial charge on any atom is 0.224 e. The summed E-state index contributed by atoms with van der Waals surface area (Å²) in [6.45, 7) is 5.25. The Balaban J connectivity index is 1.82. The minimum absolute atomic E-state index is 0.0820. The lowest BCUT2D eigenvalue weighted by atomic mass is 10.2. The molecule has 0 spiro atoms. The predicted molar refractivity (Wildman–Crippen MR) is 102 cm³/mol. The van der Waals surface area contributed by atoms with Crippen LogP contribution < -0.4 is 15.4 Å². The highest BCUT2D eigenvalue weighted by Crippen LogP contribution is 2.12. The maximum atomic E-state index is 12.1. The van der Waals surface area contributed by atoms with E-state index in [1.807, 2.05) is 19.9 Å². The number of nitrogens with zero attached hydrogens (tertiary/aromatic N) is 2. The van der Waals surface area contributed by atoms with E-state index in [4.69, 9.17) is 11.6 Å². The van der Waals surface area contributed by atoms with Crippen molar-refractivity contribution < 1.29 is 8.42 Å². The third kappa shape index (κ3) is 6.85.